The minimum atomic E-state index is -0.210. The lowest BCUT2D eigenvalue weighted by atomic mass is 10.2. The molecule has 8 nitrogen and oxygen atoms in total. The fraction of sp³-hybridized carbons (Fsp3) is 0.400. The van der Waals surface area contributed by atoms with Gasteiger partial charge in [0.05, 0.1) is 22.8 Å². The van der Waals surface area contributed by atoms with Crippen molar-refractivity contribution in [1.29, 1.82) is 0 Å². The van der Waals surface area contributed by atoms with Crippen molar-refractivity contribution in [2.45, 2.75) is 20.8 Å². The highest BCUT2D eigenvalue weighted by Gasteiger charge is 2.21. The first-order chi connectivity index (χ1) is 13.4. The summed E-state index contributed by atoms with van der Waals surface area (Å²) < 4.78 is 1.80. The fourth-order valence-corrected chi connectivity index (χ4v) is 3.59. The van der Waals surface area contributed by atoms with Crippen LogP contribution in [0.4, 0.5) is 11.6 Å². The number of hydrogen-bond acceptors (Lipinski definition) is 6. The molecule has 1 fully saturated rings. The highest BCUT2D eigenvalue weighted by Crippen LogP contribution is 2.23. The van der Waals surface area contributed by atoms with Crippen LogP contribution in [0.25, 0.3) is 5.65 Å². The van der Waals surface area contributed by atoms with E-state index in [9.17, 15) is 4.79 Å². The molecule has 1 N–H and O–H groups in total. The number of likely N-dealkylation sites (N-methyl/N-ethyl adjacent to an activating group) is 1. The summed E-state index contributed by atoms with van der Waals surface area (Å²) in [4.78, 5) is 31.3. The van der Waals surface area contributed by atoms with Crippen LogP contribution < -0.4 is 10.2 Å². The van der Waals surface area contributed by atoms with Gasteiger partial charge in [-0.15, -0.1) is 0 Å². The van der Waals surface area contributed by atoms with Crippen molar-refractivity contribution in [3.05, 3.63) is 47.2 Å². The molecule has 1 aliphatic rings. The lowest BCUT2D eigenvalue weighted by Crippen LogP contribution is -2.45. The van der Waals surface area contributed by atoms with Crippen LogP contribution in [0.5, 0.6) is 0 Å². The molecule has 1 amide bonds. The maximum atomic E-state index is 13.0. The summed E-state index contributed by atoms with van der Waals surface area (Å²) >= 11 is 0. The molecule has 4 heterocycles. The average Bonchev–Trinajstić information content (AvgIpc) is 3.00. The number of aromatic nitrogens is 4. The largest absolute Gasteiger partial charge is 0.338 e. The lowest BCUT2D eigenvalue weighted by Gasteiger charge is -2.32. The van der Waals surface area contributed by atoms with E-state index < -0.39 is 0 Å². The van der Waals surface area contributed by atoms with Crippen molar-refractivity contribution in [3.8, 4) is 0 Å². The summed E-state index contributed by atoms with van der Waals surface area (Å²) in [5.41, 5.74) is 4.16. The number of imidazole rings is 1. The first-order valence-corrected chi connectivity index (χ1v) is 9.48. The van der Waals surface area contributed by atoms with Gasteiger partial charge in [0, 0.05) is 32.4 Å². The summed E-state index contributed by atoms with van der Waals surface area (Å²) in [6.07, 6.45) is 1.84. The Kier molecular flexibility index (Phi) is 4.72. The molecule has 0 bridgehead atoms. The van der Waals surface area contributed by atoms with Crippen molar-refractivity contribution in [2.75, 3.05) is 43.4 Å². The molecule has 146 valence electrons. The van der Waals surface area contributed by atoms with Gasteiger partial charge in [0.25, 0.3) is 5.91 Å². The summed E-state index contributed by atoms with van der Waals surface area (Å²) in [6, 6.07) is 5.67. The summed E-state index contributed by atoms with van der Waals surface area (Å²) in [5.74, 6) is 0.519. The molecule has 3 aromatic heterocycles. The molecule has 1 aliphatic heterocycles. The molecule has 0 aliphatic carbocycles. The van der Waals surface area contributed by atoms with E-state index in [0.717, 1.165) is 49.2 Å². The number of pyridine rings is 1. The zero-order chi connectivity index (χ0) is 19.8. The van der Waals surface area contributed by atoms with E-state index in [4.69, 9.17) is 0 Å². The molecular formula is C20H25N7O. The maximum Gasteiger partial charge on any atom is 0.274 e. The monoisotopic (exact) mass is 379 g/mol. The predicted molar refractivity (Wildman–Crippen MR) is 109 cm³/mol. The van der Waals surface area contributed by atoms with E-state index in [1.807, 2.05) is 45.2 Å². The number of hydrogen-bond donors (Lipinski definition) is 1. The Morgan fingerprint density at radius 2 is 1.64 bits per heavy atom. The lowest BCUT2D eigenvalue weighted by molar-refractivity contribution is 0.102. The second-order valence-electron chi connectivity index (χ2n) is 7.29. The molecule has 0 saturated carbocycles. The van der Waals surface area contributed by atoms with Crippen molar-refractivity contribution >= 4 is 23.2 Å². The Bertz CT molecular complexity index is 1010. The number of fused-ring (bicyclic) bond motifs is 1. The van der Waals surface area contributed by atoms with Crippen LogP contribution in [0, 0.1) is 20.8 Å². The number of anilines is 2. The molecule has 0 radical (unpaired) electrons. The van der Waals surface area contributed by atoms with Crippen LogP contribution in [0.15, 0.2) is 24.4 Å². The van der Waals surface area contributed by atoms with Crippen LogP contribution in [0.2, 0.25) is 0 Å². The zero-order valence-corrected chi connectivity index (χ0v) is 16.7. The second-order valence-corrected chi connectivity index (χ2v) is 7.29. The van der Waals surface area contributed by atoms with Crippen LogP contribution in [-0.2, 0) is 0 Å². The van der Waals surface area contributed by atoms with E-state index in [2.05, 4.69) is 37.1 Å². The number of nitrogens with zero attached hydrogens (tertiary/aromatic N) is 6. The average molecular weight is 379 g/mol. The Morgan fingerprint density at radius 1 is 0.964 bits per heavy atom. The normalized spacial score (nSPS) is 15.2. The minimum absolute atomic E-state index is 0.210. The van der Waals surface area contributed by atoms with E-state index in [-0.39, 0.29) is 5.91 Å². The molecule has 0 spiro atoms. The molecule has 3 aromatic rings. The molecule has 28 heavy (non-hydrogen) atoms. The number of amides is 1. The van der Waals surface area contributed by atoms with Gasteiger partial charge in [-0.2, -0.15) is 0 Å². The molecule has 0 unspecified atom stereocenters. The van der Waals surface area contributed by atoms with Gasteiger partial charge in [0.2, 0.25) is 5.95 Å². The SMILES string of the molecule is Cc1nc(N2CCN(C)CC2)nc(C)c1NC(=O)c1c(C)nc2ccccn12. The first kappa shape index (κ1) is 18.4. The fourth-order valence-electron chi connectivity index (χ4n) is 3.59. The summed E-state index contributed by atoms with van der Waals surface area (Å²) in [6.45, 7) is 9.45. The highest BCUT2D eigenvalue weighted by atomic mass is 16.2. The predicted octanol–water partition coefficient (Wildman–Crippen LogP) is 2.05. The van der Waals surface area contributed by atoms with Gasteiger partial charge >= 0.3 is 0 Å². The topological polar surface area (TPSA) is 78.7 Å². The molecule has 8 heteroatoms. The third-order valence-electron chi connectivity index (χ3n) is 5.20. The number of aryl methyl sites for hydroxylation is 3. The quantitative estimate of drug-likeness (QED) is 0.750. The Balaban J connectivity index is 1.61. The minimum Gasteiger partial charge on any atom is -0.338 e. The van der Waals surface area contributed by atoms with Gasteiger partial charge in [-0.3, -0.25) is 9.20 Å². The number of rotatable bonds is 3. The standard InChI is InChI=1S/C20H25N7O/c1-13-17(14(2)23-20(22-13)26-11-9-25(4)10-12-26)24-19(28)18-15(3)21-16-7-5-6-8-27(16)18/h5-8H,9-12H2,1-4H3,(H,24,28). The molecule has 0 atom stereocenters. The van der Waals surface area contributed by atoms with Gasteiger partial charge in [-0.05, 0) is 40.0 Å². The summed E-state index contributed by atoms with van der Waals surface area (Å²) in [7, 11) is 2.12. The molecule has 4 rings (SSSR count). The van der Waals surface area contributed by atoms with Gasteiger partial charge in [-0.1, -0.05) is 6.07 Å². The van der Waals surface area contributed by atoms with E-state index >= 15 is 0 Å². The van der Waals surface area contributed by atoms with Gasteiger partial charge in [0.15, 0.2) is 0 Å². The van der Waals surface area contributed by atoms with Crippen molar-refractivity contribution < 1.29 is 4.79 Å². The Hall–Kier alpha value is -3.00. The number of carbonyl (C=O) groups excluding carboxylic acids is 1. The third kappa shape index (κ3) is 3.31. The van der Waals surface area contributed by atoms with Crippen LogP contribution >= 0.6 is 0 Å². The first-order valence-electron chi connectivity index (χ1n) is 9.48. The Morgan fingerprint density at radius 3 is 2.32 bits per heavy atom. The number of carbonyl (C=O) groups is 1. The van der Waals surface area contributed by atoms with Gasteiger partial charge in [-0.25, -0.2) is 15.0 Å². The van der Waals surface area contributed by atoms with Crippen LogP contribution in [0.3, 0.4) is 0 Å². The zero-order valence-electron chi connectivity index (χ0n) is 16.7. The smallest absolute Gasteiger partial charge is 0.274 e. The van der Waals surface area contributed by atoms with E-state index in [1.54, 1.807) is 4.40 Å². The van der Waals surface area contributed by atoms with Crippen molar-refractivity contribution in [2.24, 2.45) is 0 Å². The van der Waals surface area contributed by atoms with Crippen molar-refractivity contribution in [1.82, 2.24) is 24.3 Å². The Labute approximate surface area is 164 Å². The highest BCUT2D eigenvalue weighted by molar-refractivity contribution is 6.05. The van der Waals surface area contributed by atoms with Gasteiger partial charge < -0.3 is 15.1 Å². The van der Waals surface area contributed by atoms with Gasteiger partial charge in [0.1, 0.15) is 11.3 Å². The molecular weight excluding hydrogens is 354 g/mol. The maximum absolute atomic E-state index is 13.0. The van der Waals surface area contributed by atoms with E-state index in [0.29, 0.717) is 17.1 Å². The molecule has 1 saturated heterocycles. The number of piperazine rings is 1. The van der Waals surface area contributed by atoms with E-state index in [1.165, 1.54) is 0 Å². The third-order valence-corrected chi connectivity index (χ3v) is 5.20. The van der Waals surface area contributed by atoms with Crippen LogP contribution in [0.1, 0.15) is 27.6 Å². The summed E-state index contributed by atoms with van der Waals surface area (Å²) in [5, 5.41) is 3.00. The van der Waals surface area contributed by atoms with Crippen molar-refractivity contribution in [3.63, 3.8) is 0 Å². The molecule has 0 aromatic carbocycles. The number of nitrogens with one attached hydrogen (secondary N) is 1. The van der Waals surface area contributed by atoms with Crippen LogP contribution in [-0.4, -0.2) is 63.4 Å². The second kappa shape index (κ2) is 7.20.